The average molecular weight is 193 g/mol. The zero-order chi connectivity index (χ0) is 10.6. The predicted molar refractivity (Wildman–Crippen MR) is 54.7 cm³/mol. The number of nitrogens with one attached hydrogen (secondary N) is 1. The molecule has 0 bridgehead atoms. The van der Waals surface area contributed by atoms with Gasteiger partial charge in [-0.25, -0.2) is 0 Å². The Morgan fingerprint density at radius 2 is 2.00 bits per heavy atom. The monoisotopic (exact) mass is 193 g/mol. The summed E-state index contributed by atoms with van der Waals surface area (Å²) >= 11 is 0. The molecule has 0 aliphatic rings. The van der Waals surface area contributed by atoms with Crippen molar-refractivity contribution in [3.05, 3.63) is 35.9 Å². The fraction of sp³-hybridized carbons (Fsp3) is 0.364. The summed E-state index contributed by atoms with van der Waals surface area (Å²) < 4.78 is 0. The fourth-order valence-corrected chi connectivity index (χ4v) is 1.40. The van der Waals surface area contributed by atoms with E-state index < -0.39 is 5.54 Å². The standard InChI is InChI=1S/C11H15NO2/c1-9(14)12-11(2,8-13)10-6-4-3-5-7-10/h3-7,13H,8H2,1-2H3,(H,12,14)/t11-/m0/s1. The highest BCUT2D eigenvalue weighted by Gasteiger charge is 2.25. The number of hydrogen-bond acceptors (Lipinski definition) is 2. The fourth-order valence-electron chi connectivity index (χ4n) is 1.40. The van der Waals surface area contributed by atoms with Crippen molar-refractivity contribution in [2.45, 2.75) is 19.4 Å². The summed E-state index contributed by atoms with van der Waals surface area (Å²) in [5.41, 5.74) is 0.213. The first kappa shape index (κ1) is 10.7. The van der Waals surface area contributed by atoms with Crippen LogP contribution in [-0.4, -0.2) is 17.6 Å². The Kier molecular flexibility index (Phi) is 3.25. The quantitative estimate of drug-likeness (QED) is 0.753. The molecule has 76 valence electrons. The van der Waals surface area contributed by atoms with Gasteiger partial charge in [0.25, 0.3) is 0 Å². The highest BCUT2D eigenvalue weighted by atomic mass is 16.3. The minimum Gasteiger partial charge on any atom is -0.394 e. The lowest BCUT2D eigenvalue weighted by Crippen LogP contribution is -2.45. The summed E-state index contributed by atoms with van der Waals surface area (Å²) in [6, 6.07) is 9.42. The lowest BCUT2D eigenvalue weighted by atomic mass is 9.93. The van der Waals surface area contributed by atoms with Gasteiger partial charge in [0, 0.05) is 6.92 Å². The van der Waals surface area contributed by atoms with Crippen LogP contribution >= 0.6 is 0 Å². The zero-order valence-corrected chi connectivity index (χ0v) is 8.45. The van der Waals surface area contributed by atoms with E-state index in [4.69, 9.17) is 0 Å². The second kappa shape index (κ2) is 4.24. The molecular formula is C11H15NO2. The van der Waals surface area contributed by atoms with E-state index >= 15 is 0 Å². The smallest absolute Gasteiger partial charge is 0.217 e. The molecule has 1 rings (SSSR count). The van der Waals surface area contributed by atoms with Gasteiger partial charge < -0.3 is 10.4 Å². The van der Waals surface area contributed by atoms with Gasteiger partial charge in [-0.05, 0) is 12.5 Å². The largest absolute Gasteiger partial charge is 0.394 e. The van der Waals surface area contributed by atoms with E-state index in [0.29, 0.717) is 0 Å². The molecule has 0 heterocycles. The molecule has 1 aromatic carbocycles. The second-order valence-corrected chi connectivity index (χ2v) is 3.54. The van der Waals surface area contributed by atoms with Crippen LogP contribution in [0.2, 0.25) is 0 Å². The average Bonchev–Trinajstić information content (AvgIpc) is 2.18. The summed E-state index contributed by atoms with van der Waals surface area (Å²) in [7, 11) is 0. The molecule has 0 saturated heterocycles. The molecular weight excluding hydrogens is 178 g/mol. The van der Waals surface area contributed by atoms with Crippen LogP contribution in [0.1, 0.15) is 19.4 Å². The molecule has 0 aliphatic carbocycles. The van der Waals surface area contributed by atoms with E-state index in [2.05, 4.69) is 5.32 Å². The molecule has 0 spiro atoms. The molecule has 0 aromatic heterocycles. The minimum absolute atomic E-state index is 0.114. The normalized spacial score (nSPS) is 14.5. The number of hydrogen-bond donors (Lipinski definition) is 2. The third-order valence-corrected chi connectivity index (χ3v) is 2.18. The first-order chi connectivity index (χ1) is 6.58. The lowest BCUT2D eigenvalue weighted by Gasteiger charge is -2.28. The van der Waals surface area contributed by atoms with Gasteiger partial charge in [-0.15, -0.1) is 0 Å². The van der Waals surface area contributed by atoms with Crippen molar-refractivity contribution in [2.24, 2.45) is 0 Å². The molecule has 3 heteroatoms. The highest BCUT2D eigenvalue weighted by Crippen LogP contribution is 2.19. The van der Waals surface area contributed by atoms with Crippen molar-refractivity contribution in [3.8, 4) is 0 Å². The van der Waals surface area contributed by atoms with Crippen LogP contribution in [0.15, 0.2) is 30.3 Å². The Labute approximate surface area is 83.8 Å². The number of benzene rings is 1. The van der Waals surface area contributed by atoms with Crippen molar-refractivity contribution >= 4 is 5.91 Å². The number of rotatable bonds is 3. The number of carbonyl (C=O) groups is 1. The van der Waals surface area contributed by atoms with E-state index in [1.165, 1.54) is 6.92 Å². The maximum Gasteiger partial charge on any atom is 0.217 e. The van der Waals surface area contributed by atoms with E-state index in [9.17, 15) is 9.90 Å². The summed E-state index contributed by atoms with van der Waals surface area (Å²) in [6.07, 6.45) is 0. The Balaban J connectivity index is 2.95. The summed E-state index contributed by atoms with van der Waals surface area (Å²) in [5, 5.41) is 12.0. The Hall–Kier alpha value is -1.35. The van der Waals surface area contributed by atoms with E-state index in [1.807, 2.05) is 30.3 Å². The molecule has 2 N–H and O–H groups in total. The molecule has 0 unspecified atom stereocenters. The first-order valence-electron chi connectivity index (χ1n) is 4.53. The van der Waals surface area contributed by atoms with E-state index in [0.717, 1.165) is 5.56 Å². The summed E-state index contributed by atoms with van der Waals surface area (Å²) in [5.74, 6) is -0.148. The minimum atomic E-state index is -0.687. The lowest BCUT2D eigenvalue weighted by molar-refractivity contribution is -0.121. The van der Waals surface area contributed by atoms with E-state index in [1.54, 1.807) is 6.92 Å². The molecule has 3 nitrogen and oxygen atoms in total. The molecule has 0 aliphatic heterocycles. The Morgan fingerprint density at radius 1 is 1.43 bits per heavy atom. The van der Waals surface area contributed by atoms with Crippen molar-refractivity contribution in [1.82, 2.24) is 5.32 Å². The SMILES string of the molecule is CC(=O)N[C@@](C)(CO)c1ccccc1. The van der Waals surface area contributed by atoms with Crippen LogP contribution in [0.4, 0.5) is 0 Å². The molecule has 0 fully saturated rings. The first-order valence-corrected chi connectivity index (χ1v) is 4.53. The Bertz CT molecular complexity index is 310. The highest BCUT2D eigenvalue weighted by molar-refractivity contribution is 5.74. The van der Waals surface area contributed by atoms with Gasteiger partial charge in [0.1, 0.15) is 0 Å². The van der Waals surface area contributed by atoms with Crippen molar-refractivity contribution < 1.29 is 9.90 Å². The van der Waals surface area contributed by atoms with Gasteiger partial charge in [-0.1, -0.05) is 30.3 Å². The van der Waals surface area contributed by atoms with Gasteiger partial charge in [0.05, 0.1) is 12.1 Å². The number of amides is 1. The number of aliphatic hydroxyl groups is 1. The third kappa shape index (κ3) is 2.33. The second-order valence-electron chi connectivity index (χ2n) is 3.54. The summed E-state index contributed by atoms with van der Waals surface area (Å²) in [4.78, 5) is 11.0. The van der Waals surface area contributed by atoms with E-state index in [-0.39, 0.29) is 12.5 Å². The number of carbonyl (C=O) groups excluding carboxylic acids is 1. The van der Waals surface area contributed by atoms with Gasteiger partial charge in [-0.3, -0.25) is 4.79 Å². The molecule has 0 radical (unpaired) electrons. The van der Waals surface area contributed by atoms with Crippen LogP contribution < -0.4 is 5.32 Å². The predicted octanol–water partition coefficient (Wildman–Crippen LogP) is 1.03. The van der Waals surface area contributed by atoms with Gasteiger partial charge >= 0.3 is 0 Å². The molecule has 0 saturated carbocycles. The topological polar surface area (TPSA) is 49.3 Å². The van der Waals surface area contributed by atoms with Crippen LogP contribution in [-0.2, 0) is 10.3 Å². The summed E-state index contributed by atoms with van der Waals surface area (Å²) in [6.45, 7) is 3.12. The van der Waals surface area contributed by atoms with Crippen molar-refractivity contribution in [1.29, 1.82) is 0 Å². The molecule has 14 heavy (non-hydrogen) atoms. The van der Waals surface area contributed by atoms with Gasteiger partial charge in [0.2, 0.25) is 5.91 Å². The Morgan fingerprint density at radius 3 is 2.43 bits per heavy atom. The van der Waals surface area contributed by atoms with Crippen molar-refractivity contribution in [3.63, 3.8) is 0 Å². The molecule has 1 amide bonds. The van der Waals surface area contributed by atoms with Crippen LogP contribution in [0.3, 0.4) is 0 Å². The van der Waals surface area contributed by atoms with Crippen molar-refractivity contribution in [2.75, 3.05) is 6.61 Å². The third-order valence-electron chi connectivity index (χ3n) is 2.18. The molecule has 1 atom stereocenters. The van der Waals surface area contributed by atoms with Gasteiger partial charge in [0.15, 0.2) is 0 Å². The number of aliphatic hydroxyl groups excluding tert-OH is 1. The van der Waals surface area contributed by atoms with Gasteiger partial charge in [-0.2, -0.15) is 0 Å². The molecule has 1 aromatic rings. The maximum atomic E-state index is 11.0. The van der Waals surface area contributed by atoms with Crippen LogP contribution in [0.5, 0.6) is 0 Å². The van der Waals surface area contributed by atoms with Crippen LogP contribution in [0, 0.1) is 0 Å². The maximum absolute atomic E-state index is 11.0. The zero-order valence-electron chi connectivity index (χ0n) is 8.45. The van der Waals surface area contributed by atoms with Crippen LogP contribution in [0.25, 0.3) is 0 Å².